The van der Waals surface area contributed by atoms with E-state index in [0.717, 1.165) is 12.8 Å². The van der Waals surface area contributed by atoms with Crippen molar-refractivity contribution >= 4 is 5.91 Å². The summed E-state index contributed by atoms with van der Waals surface area (Å²) in [5.41, 5.74) is -0.794. The minimum atomic E-state index is -0.794. The number of aryl methyl sites for hydroxylation is 1. The van der Waals surface area contributed by atoms with Gasteiger partial charge in [0.1, 0.15) is 5.76 Å². The minimum absolute atomic E-state index is 0.269. The zero-order valence-corrected chi connectivity index (χ0v) is 9.62. The number of carbonyl (C=O) groups excluding carboxylic acids is 1. The Morgan fingerprint density at radius 2 is 2.31 bits per heavy atom. The van der Waals surface area contributed by atoms with Crippen LogP contribution in [-0.4, -0.2) is 23.2 Å². The van der Waals surface area contributed by atoms with Gasteiger partial charge in [-0.2, -0.15) is 0 Å². The SMILES string of the molecule is Cc1ccc(C(=O)NCC(C)(O)C2CC2)o1. The molecule has 1 amide bonds. The van der Waals surface area contributed by atoms with Crippen molar-refractivity contribution in [1.29, 1.82) is 0 Å². The molecule has 1 unspecified atom stereocenters. The van der Waals surface area contributed by atoms with E-state index in [2.05, 4.69) is 5.32 Å². The molecular formula is C12H17NO3. The predicted molar refractivity (Wildman–Crippen MR) is 59.1 cm³/mol. The van der Waals surface area contributed by atoms with Gasteiger partial charge in [0.2, 0.25) is 0 Å². The average molecular weight is 223 g/mol. The van der Waals surface area contributed by atoms with Crippen LogP contribution < -0.4 is 5.32 Å². The molecule has 1 fully saturated rings. The summed E-state index contributed by atoms with van der Waals surface area (Å²) in [6.07, 6.45) is 2.09. The van der Waals surface area contributed by atoms with Gasteiger partial charge in [0, 0.05) is 6.54 Å². The van der Waals surface area contributed by atoms with Crippen molar-refractivity contribution in [3.05, 3.63) is 23.7 Å². The maximum atomic E-state index is 11.6. The number of nitrogens with one attached hydrogen (secondary N) is 1. The third-order valence-electron chi connectivity index (χ3n) is 3.03. The molecule has 2 rings (SSSR count). The number of aliphatic hydroxyl groups is 1. The summed E-state index contributed by atoms with van der Waals surface area (Å²) in [5, 5.41) is 12.7. The topological polar surface area (TPSA) is 62.5 Å². The first-order valence-corrected chi connectivity index (χ1v) is 5.56. The molecule has 1 aromatic heterocycles. The van der Waals surface area contributed by atoms with Gasteiger partial charge in [-0.25, -0.2) is 0 Å². The molecule has 0 aliphatic heterocycles. The molecule has 1 saturated carbocycles. The van der Waals surface area contributed by atoms with Crippen LogP contribution in [0, 0.1) is 12.8 Å². The molecule has 4 heteroatoms. The Kier molecular flexibility index (Phi) is 2.76. The van der Waals surface area contributed by atoms with Crippen LogP contribution in [0.25, 0.3) is 0 Å². The fourth-order valence-electron chi connectivity index (χ4n) is 1.75. The van der Waals surface area contributed by atoms with Crippen molar-refractivity contribution in [1.82, 2.24) is 5.32 Å². The van der Waals surface area contributed by atoms with Crippen LogP contribution in [0.3, 0.4) is 0 Å². The second kappa shape index (κ2) is 3.94. The molecule has 1 atom stereocenters. The van der Waals surface area contributed by atoms with Crippen molar-refractivity contribution in [3.8, 4) is 0 Å². The summed E-state index contributed by atoms with van der Waals surface area (Å²) in [6.45, 7) is 3.83. The van der Waals surface area contributed by atoms with Gasteiger partial charge < -0.3 is 14.8 Å². The highest BCUT2D eigenvalue weighted by molar-refractivity contribution is 5.91. The summed E-state index contributed by atoms with van der Waals surface area (Å²) in [7, 11) is 0. The number of furan rings is 1. The summed E-state index contributed by atoms with van der Waals surface area (Å²) in [6, 6.07) is 3.38. The smallest absolute Gasteiger partial charge is 0.287 e. The Hall–Kier alpha value is -1.29. The highest BCUT2D eigenvalue weighted by atomic mass is 16.3. The van der Waals surface area contributed by atoms with Gasteiger partial charge in [-0.1, -0.05) is 0 Å². The Balaban J connectivity index is 1.88. The lowest BCUT2D eigenvalue weighted by Gasteiger charge is -2.22. The monoisotopic (exact) mass is 223 g/mol. The molecule has 0 aromatic carbocycles. The molecule has 4 nitrogen and oxygen atoms in total. The zero-order valence-electron chi connectivity index (χ0n) is 9.62. The molecule has 2 N–H and O–H groups in total. The fraction of sp³-hybridized carbons (Fsp3) is 0.583. The standard InChI is InChI=1S/C12H17NO3/c1-8-3-6-10(16-8)11(14)13-7-12(2,15)9-4-5-9/h3,6,9,15H,4-5,7H2,1-2H3,(H,13,14). The van der Waals surface area contributed by atoms with Crippen LogP contribution in [0.15, 0.2) is 16.5 Å². The summed E-state index contributed by atoms with van der Waals surface area (Å²) < 4.78 is 5.19. The quantitative estimate of drug-likeness (QED) is 0.812. The van der Waals surface area contributed by atoms with E-state index in [1.54, 1.807) is 26.0 Å². The number of amides is 1. The number of hydrogen-bond acceptors (Lipinski definition) is 3. The maximum Gasteiger partial charge on any atom is 0.287 e. The van der Waals surface area contributed by atoms with E-state index in [0.29, 0.717) is 17.4 Å². The van der Waals surface area contributed by atoms with Crippen molar-refractivity contribution in [2.45, 2.75) is 32.3 Å². The Morgan fingerprint density at radius 1 is 1.62 bits per heavy atom. The van der Waals surface area contributed by atoms with Gasteiger partial charge in [-0.15, -0.1) is 0 Å². The van der Waals surface area contributed by atoms with Crippen LogP contribution in [-0.2, 0) is 0 Å². The lowest BCUT2D eigenvalue weighted by atomic mass is 10.0. The third kappa shape index (κ3) is 2.44. The lowest BCUT2D eigenvalue weighted by molar-refractivity contribution is 0.0349. The van der Waals surface area contributed by atoms with E-state index in [1.807, 2.05) is 0 Å². The molecule has 88 valence electrons. The fourth-order valence-corrected chi connectivity index (χ4v) is 1.75. The first kappa shape index (κ1) is 11.2. The number of hydrogen-bond donors (Lipinski definition) is 2. The van der Waals surface area contributed by atoms with E-state index >= 15 is 0 Å². The van der Waals surface area contributed by atoms with Crippen LogP contribution in [0.1, 0.15) is 36.1 Å². The summed E-state index contributed by atoms with van der Waals surface area (Å²) in [5.74, 6) is 1.06. The number of carbonyl (C=O) groups is 1. The van der Waals surface area contributed by atoms with E-state index in [9.17, 15) is 9.90 Å². The second-order valence-corrected chi connectivity index (χ2v) is 4.72. The normalized spacial score (nSPS) is 19.2. The Morgan fingerprint density at radius 3 is 2.81 bits per heavy atom. The molecule has 0 saturated heterocycles. The summed E-state index contributed by atoms with van der Waals surface area (Å²) in [4.78, 5) is 11.6. The van der Waals surface area contributed by atoms with Crippen molar-refractivity contribution in [3.63, 3.8) is 0 Å². The second-order valence-electron chi connectivity index (χ2n) is 4.72. The van der Waals surface area contributed by atoms with E-state index in [-0.39, 0.29) is 12.5 Å². The maximum absolute atomic E-state index is 11.6. The Bertz CT molecular complexity index is 391. The van der Waals surface area contributed by atoms with Crippen molar-refractivity contribution in [2.75, 3.05) is 6.54 Å². The third-order valence-corrected chi connectivity index (χ3v) is 3.03. The van der Waals surface area contributed by atoms with E-state index in [4.69, 9.17) is 4.42 Å². The minimum Gasteiger partial charge on any atom is -0.456 e. The van der Waals surface area contributed by atoms with Crippen LogP contribution in [0.4, 0.5) is 0 Å². The van der Waals surface area contributed by atoms with E-state index < -0.39 is 5.60 Å². The van der Waals surface area contributed by atoms with Gasteiger partial charge in [0.05, 0.1) is 5.60 Å². The lowest BCUT2D eigenvalue weighted by Crippen LogP contribution is -2.42. The van der Waals surface area contributed by atoms with Gasteiger partial charge >= 0.3 is 0 Å². The molecule has 0 radical (unpaired) electrons. The number of rotatable bonds is 4. The molecule has 0 bridgehead atoms. The van der Waals surface area contributed by atoms with E-state index in [1.165, 1.54) is 0 Å². The molecular weight excluding hydrogens is 206 g/mol. The van der Waals surface area contributed by atoms with Crippen molar-refractivity contribution < 1.29 is 14.3 Å². The van der Waals surface area contributed by atoms with Crippen molar-refractivity contribution in [2.24, 2.45) is 5.92 Å². The predicted octanol–water partition coefficient (Wildman–Crippen LogP) is 1.48. The average Bonchev–Trinajstić information content (AvgIpc) is 2.99. The largest absolute Gasteiger partial charge is 0.456 e. The first-order valence-electron chi connectivity index (χ1n) is 5.56. The van der Waals surface area contributed by atoms with Crippen LogP contribution in [0.2, 0.25) is 0 Å². The molecule has 1 aliphatic carbocycles. The highest BCUT2D eigenvalue weighted by Gasteiger charge is 2.40. The highest BCUT2D eigenvalue weighted by Crippen LogP contribution is 2.39. The molecule has 1 aliphatic rings. The van der Waals surface area contributed by atoms with Gasteiger partial charge in [-0.3, -0.25) is 4.79 Å². The Labute approximate surface area is 94.6 Å². The van der Waals surface area contributed by atoms with Gasteiger partial charge in [0.25, 0.3) is 5.91 Å². The van der Waals surface area contributed by atoms with Gasteiger partial charge in [0.15, 0.2) is 5.76 Å². The first-order chi connectivity index (χ1) is 7.49. The van der Waals surface area contributed by atoms with Crippen LogP contribution >= 0.6 is 0 Å². The van der Waals surface area contributed by atoms with Gasteiger partial charge in [-0.05, 0) is 44.7 Å². The molecule has 0 spiro atoms. The molecule has 1 aromatic rings. The molecule has 16 heavy (non-hydrogen) atoms. The van der Waals surface area contributed by atoms with Crippen LogP contribution in [0.5, 0.6) is 0 Å². The zero-order chi connectivity index (χ0) is 11.8. The summed E-state index contributed by atoms with van der Waals surface area (Å²) >= 11 is 0. The molecule has 1 heterocycles.